The van der Waals surface area contributed by atoms with Crippen LogP contribution in [0.3, 0.4) is 0 Å². The van der Waals surface area contributed by atoms with Gasteiger partial charge in [0.1, 0.15) is 0 Å². The predicted molar refractivity (Wildman–Crippen MR) is 88.1 cm³/mol. The van der Waals surface area contributed by atoms with Crippen LogP contribution < -0.4 is 5.32 Å². The molecule has 1 unspecified atom stereocenters. The molecule has 0 aliphatic heterocycles. The van der Waals surface area contributed by atoms with E-state index in [9.17, 15) is 0 Å². The summed E-state index contributed by atoms with van der Waals surface area (Å²) in [7, 11) is 0. The summed E-state index contributed by atoms with van der Waals surface area (Å²) in [6, 6.07) is 6.82. The Labute approximate surface area is 129 Å². The minimum Gasteiger partial charge on any atom is -0.306 e. The molecule has 0 aliphatic carbocycles. The van der Waals surface area contributed by atoms with E-state index in [0.29, 0.717) is 0 Å². The van der Waals surface area contributed by atoms with Crippen molar-refractivity contribution in [2.45, 2.75) is 33.7 Å². The Morgan fingerprint density at radius 1 is 1.10 bits per heavy atom. The van der Waals surface area contributed by atoms with Gasteiger partial charge in [-0.2, -0.15) is 0 Å². The molecule has 0 saturated carbocycles. The van der Waals surface area contributed by atoms with Gasteiger partial charge in [-0.3, -0.25) is 4.98 Å². The fraction of sp³-hybridized carbons (Fsp3) is 0.353. The third-order valence-electron chi connectivity index (χ3n) is 3.49. The van der Waals surface area contributed by atoms with Crippen LogP contribution in [0.2, 0.25) is 0 Å². The molecule has 2 rings (SSSR count). The van der Waals surface area contributed by atoms with Crippen molar-refractivity contribution in [1.82, 2.24) is 10.3 Å². The number of halogens is 1. The molecule has 1 atom stereocenters. The molecule has 1 aromatic heterocycles. The molecule has 2 nitrogen and oxygen atoms in total. The first-order chi connectivity index (χ1) is 9.52. The second kappa shape index (κ2) is 6.51. The van der Waals surface area contributed by atoms with Gasteiger partial charge in [-0.1, -0.05) is 24.6 Å². The van der Waals surface area contributed by atoms with Crippen LogP contribution in [0, 0.1) is 20.8 Å². The number of nitrogens with one attached hydrogen (secondary N) is 1. The smallest absolute Gasteiger partial charge is 0.0597 e. The summed E-state index contributed by atoms with van der Waals surface area (Å²) in [5.74, 6) is 0. The standard InChI is InChI=1S/C17H21BrN2/c1-5-20-17(14-8-15(18)10-19-9-14)16-12(3)6-11(2)7-13(16)4/h6-10,17,20H,5H2,1-4H3. The van der Waals surface area contributed by atoms with Crippen LogP contribution in [0.15, 0.2) is 35.1 Å². The number of aromatic nitrogens is 1. The van der Waals surface area contributed by atoms with Crippen molar-refractivity contribution < 1.29 is 0 Å². The van der Waals surface area contributed by atoms with E-state index >= 15 is 0 Å². The van der Waals surface area contributed by atoms with Crippen molar-refractivity contribution >= 4 is 15.9 Å². The topological polar surface area (TPSA) is 24.9 Å². The highest BCUT2D eigenvalue weighted by Gasteiger charge is 2.18. The van der Waals surface area contributed by atoms with Gasteiger partial charge >= 0.3 is 0 Å². The van der Waals surface area contributed by atoms with Crippen molar-refractivity contribution in [3.05, 3.63) is 62.9 Å². The number of hydrogen-bond donors (Lipinski definition) is 1. The third kappa shape index (κ3) is 3.28. The van der Waals surface area contributed by atoms with E-state index < -0.39 is 0 Å². The molecule has 20 heavy (non-hydrogen) atoms. The molecule has 1 N–H and O–H groups in total. The first kappa shape index (κ1) is 15.2. The van der Waals surface area contributed by atoms with Gasteiger partial charge in [0.15, 0.2) is 0 Å². The molecule has 0 aliphatic rings. The molecule has 106 valence electrons. The van der Waals surface area contributed by atoms with Gasteiger partial charge in [0.25, 0.3) is 0 Å². The Morgan fingerprint density at radius 2 is 1.75 bits per heavy atom. The van der Waals surface area contributed by atoms with Crippen molar-refractivity contribution in [2.24, 2.45) is 0 Å². The highest BCUT2D eigenvalue weighted by atomic mass is 79.9. The average Bonchev–Trinajstić information content (AvgIpc) is 2.36. The van der Waals surface area contributed by atoms with Gasteiger partial charge in [-0.15, -0.1) is 0 Å². The van der Waals surface area contributed by atoms with E-state index in [1.165, 1.54) is 27.8 Å². The van der Waals surface area contributed by atoms with Gasteiger partial charge in [-0.05, 0) is 71.6 Å². The van der Waals surface area contributed by atoms with Gasteiger partial charge in [0, 0.05) is 16.9 Å². The summed E-state index contributed by atoms with van der Waals surface area (Å²) in [5.41, 5.74) is 6.52. The molecule has 2 aromatic rings. The highest BCUT2D eigenvalue weighted by molar-refractivity contribution is 9.10. The highest BCUT2D eigenvalue weighted by Crippen LogP contribution is 2.29. The van der Waals surface area contributed by atoms with E-state index in [1.54, 1.807) is 0 Å². The van der Waals surface area contributed by atoms with Gasteiger partial charge < -0.3 is 5.32 Å². The van der Waals surface area contributed by atoms with E-state index in [2.05, 4.69) is 72.1 Å². The van der Waals surface area contributed by atoms with E-state index in [4.69, 9.17) is 0 Å². The summed E-state index contributed by atoms with van der Waals surface area (Å²) in [6.07, 6.45) is 3.76. The van der Waals surface area contributed by atoms with Crippen LogP contribution in [0.4, 0.5) is 0 Å². The molecular weight excluding hydrogens is 312 g/mol. The van der Waals surface area contributed by atoms with Gasteiger partial charge in [0.2, 0.25) is 0 Å². The molecule has 0 spiro atoms. The fourth-order valence-electron chi connectivity index (χ4n) is 2.82. The lowest BCUT2D eigenvalue weighted by molar-refractivity contribution is 0.622. The van der Waals surface area contributed by atoms with E-state index in [0.717, 1.165) is 11.0 Å². The monoisotopic (exact) mass is 332 g/mol. The number of pyridine rings is 1. The number of benzene rings is 1. The zero-order valence-corrected chi connectivity index (χ0v) is 14.1. The number of nitrogens with zero attached hydrogens (tertiary/aromatic N) is 1. The maximum atomic E-state index is 4.30. The maximum absolute atomic E-state index is 4.30. The van der Waals surface area contributed by atoms with Gasteiger partial charge in [-0.25, -0.2) is 0 Å². The zero-order chi connectivity index (χ0) is 14.7. The molecule has 0 fully saturated rings. The minimum atomic E-state index is 0.186. The van der Waals surface area contributed by atoms with Crippen molar-refractivity contribution in [2.75, 3.05) is 6.54 Å². The number of rotatable bonds is 4. The van der Waals surface area contributed by atoms with E-state index in [-0.39, 0.29) is 6.04 Å². The second-order valence-electron chi connectivity index (χ2n) is 5.24. The Balaban J connectivity index is 2.54. The number of hydrogen-bond acceptors (Lipinski definition) is 2. The van der Waals surface area contributed by atoms with Gasteiger partial charge in [0.05, 0.1) is 6.04 Å². The molecule has 0 saturated heterocycles. The third-order valence-corrected chi connectivity index (χ3v) is 3.93. The van der Waals surface area contributed by atoms with E-state index in [1.807, 2.05) is 12.4 Å². The fourth-order valence-corrected chi connectivity index (χ4v) is 3.21. The van der Waals surface area contributed by atoms with Crippen LogP contribution in [-0.2, 0) is 0 Å². The van der Waals surface area contributed by atoms with Crippen molar-refractivity contribution in [3.63, 3.8) is 0 Å². The summed E-state index contributed by atoms with van der Waals surface area (Å²) in [4.78, 5) is 4.30. The Hall–Kier alpha value is -1.19. The lowest BCUT2D eigenvalue weighted by Crippen LogP contribution is -2.24. The van der Waals surface area contributed by atoms with Crippen molar-refractivity contribution in [1.29, 1.82) is 0 Å². The van der Waals surface area contributed by atoms with Crippen LogP contribution in [0.1, 0.15) is 40.8 Å². The summed E-state index contributed by atoms with van der Waals surface area (Å²) in [5, 5.41) is 3.58. The van der Waals surface area contributed by atoms with Crippen LogP contribution >= 0.6 is 15.9 Å². The zero-order valence-electron chi connectivity index (χ0n) is 12.5. The molecule has 1 heterocycles. The Kier molecular flexibility index (Phi) is 4.95. The largest absolute Gasteiger partial charge is 0.306 e. The Bertz CT molecular complexity index is 585. The quantitative estimate of drug-likeness (QED) is 0.893. The van der Waals surface area contributed by atoms with Crippen LogP contribution in [0.5, 0.6) is 0 Å². The summed E-state index contributed by atoms with van der Waals surface area (Å²) >= 11 is 3.51. The first-order valence-electron chi connectivity index (χ1n) is 6.94. The Morgan fingerprint density at radius 3 is 2.30 bits per heavy atom. The summed E-state index contributed by atoms with van der Waals surface area (Å²) in [6.45, 7) is 9.57. The molecular formula is C17H21BrN2. The second-order valence-corrected chi connectivity index (χ2v) is 6.16. The van der Waals surface area contributed by atoms with Crippen LogP contribution in [0.25, 0.3) is 0 Å². The molecule has 3 heteroatoms. The summed E-state index contributed by atoms with van der Waals surface area (Å²) < 4.78 is 1.01. The molecule has 0 bridgehead atoms. The lowest BCUT2D eigenvalue weighted by Gasteiger charge is -2.23. The van der Waals surface area contributed by atoms with Crippen LogP contribution in [-0.4, -0.2) is 11.5 Å². The first-order valence-corrected chi connectivity index (χ1v) is 7.73. The lowest BCUT2D eigenvalue weighted by atomic mass is 9.90. The number of aryl methyl sites for hydroxylation is 3. The predicted octanol–water partition coefficient (Wildman–Crippen LogP) is 4.47. The normalized spacial score (nSPS) is 12.4. The maximum Gasteiger partial charge on any atom is 0.0597 e. The molecule has 0 amide bonds. The SMILES string of the molecule is CCNC(c1cncc(Br)c1)c1c(C)cc(C)cc1C. The average molecular weight is 333 g/mol. The minimum absolute atomic E-state index is 0.186. The van der Waals surface area contributed by atoms with Crippen molar-refractivity contribution in [3.8, 4) is 0 Å². The molecule has 0 radical (unpaired) electrons. The molecule has 1 aromatic carbocycles.